The molecule has 0 aromatic carbocycles. The van der Waals surface area contributed by atoms with E-state index >= 15 is 0 Å². The van der Waals surface area contributed by atoms with Crippen molar-refractivity contribution in [3.8, 4) is 0 Å². The Bertz CT molecular complexity index is 381. The van der Waals surface area contributed by atoms with E-state index in [1.807, 2.05) is 0 Å². The third kappa shape index (κ3) is 2.71. The molecule has 0 N–H and O–H groups in total. The molecule has 0 spiro atoms. The van der Waals surface area contributed by atoms with Crippen LogP contribution in [0.1, 0.15) is 38.7 Å². The molecule has 0 radical (unpaired) electrons. The molecule has 94 valence electrons. The lowest BCUT2D eigenvalue weighted by Gasteiger charge is -2.20. The van der Waals surface area contributed by atoms with Gasteiger partial charge in [-0.15, -0.1) is 0 Å². The summed E-state index contributed by atoms with van der Waals surface area (Å²) in [5.41, 5.74) is 1.12. The Morgan fingerprint density at radius 3 is 2.88 bits per heavy atom. The van der Waals surface area contributed by atoms with Gasteiger partial charge in [0.2, 0.25) is 0 Å². The molecule has 1 aromatic rings. The van der Waals surface area contributed by atoms with Crippen LogP contribution in [0.4, 0.5) is 5.82 Å². The molecule has 1 saturated heterocycles. The van der Waals surface area contributed by atoms with Crippen molar-refractivity contribution in [1.29, 1.82) is 0 Å². The van der Waals surface area contributed by atoms with Gasteiger partial charge >= 0.3 is 0 Å². The third-order valence-corrected chi connectivity index (χ3v) is 3.86. The maximum Gasteiger partial charge on any atom is 0.137 e. The van der Waals surface area contributed by atoms with Crippen molar-refractivity contribution in [2.75, 3.05) is 18.0 Å². The van der Waals surface area contributed by atoms with E-state index in [-0.39, 0.29) is 0 Å². The van der Waals surface area contributed by atoms with E-state index in [1.54, 1.807) is 6.33 Å². The normalized spacial score (nSPS) is 19.9. The summed E-state index contributed by atoms with van der Waals surface area (Å²) in [6, 6.07) is 0. The molecule has 1 aliphatic rings. The summed E-state index contributed by atoms with van der Waals surface area (Å²) >= 11 is 6.18. The maximum absolute atomic E-state index is 6.18. The number of aromatic nitrogens is 2. The summed E-state index contributed by atoms with van der Waals surface area (Å²) in [5, 5.41) is 0.622. The van der Waals surface area contributed by atoms with Crippen LogP contribution in [0.3, 0.4) is 0 Å². The molecule has 2 heterocycles. The molecule has 0 amide bonds. The van der Waals surface area contributed by atoms with E-state index in [1.165, 1.54) is 12.8 Å². The zero-order chi connectivity index (χ0) is 12.3. The van der Waals surface area contributed by atoms with E-state index in [4.69, 9.17) is 11.6 Å². The van der Waals surface area contributed by atoms with Crippen LogP contribution in [0, 0.1) is 5.92 Å². The summed E-state index contributed by atoms with van der Waals surface area (Å²) < 4.78 is 0. The zero-order valence-electron chi connectivity index (χ0n) is 10.6. The van der Waals surface area contributed by atoms with E-state index in [0.29, 0.717) is 5.15 Å². The highest BCUT2D eigenvalue weighted by atomic mass is 35.5. The van der Waals surface area contributed by atoms with E-state index < -0.39 is 0 Å². The number of halogens is 1. The Morgan fingerprint density at radius 2 is 2.24 bits per heavy atom. The second-order valence-electron chi connectivity index (χ2n) is 4.73. The van der Waals surface area contributed by atoms with Gasteiger partial charge in [0, 0.05) is 18.7 Å². The Morgan fingerprint density at radius 1 is 1.41 bits per heavy atom. The first kappa shape index (κ1) is 12.6. The first-order valence-corrected chi connectivity index (χ1v) is 6.88. The van der Waals surface area contributed by atoms with Gasteiger partial charge in [-0.1, -0.05) is 38.3 Å². The van der Waals surface area contributed by atoms with Crippen LogP contribution in [0.25, 0.3) is 0 Å². The molecule has 1 aliphatic heterocycles. The zero-order valence-corrected chi connectivity index (χ0v) is 11.4. The summed E-state index contributed by atoms with van der Waals surface area (Å²) in [6.45, 7) is 6.63. The number of nitrogens with zero attached hydrogens (tertiary/aromatic N) is 3. The molecule has 0 saturated carbocycles. The minimum atomic E-state index is 0.622. The van der Waals surface area contributed by atoms with Crippen molar-refractivity contribution in [3.05, 3.63) is 17.0 Å². The quantitative estimate of drug-likeness (QED) is 0.771. The highest BCUT2D eigenvalue weighted by molar-refractivity contribution is 6.30. The topological polar surface area (TPSA) is 29.0 Å². The fourth-order valence-corrected chi connectivity index (χ4v) is 2.70. The average molecular weight is 254 g/mol. The molecule has 1 unspecified atom stereocenters. The van der Waals surface area contributed by atoms with Gasteiger partial charge in [-0.25, -0.2) is 9.97 Å². The van der Waals surface area contributed by atoms with Crippen molar-refractivity contribution < 1.29 is 0 Å². The smallest absolute Gasteiger partial charge is 0.137 e. The predicted molar refractivity (Wildman–Crippen MR) is 71.6 cm³/mol. The fourth-order valence-electron chi connectivity index (χ4n) is 2.48. The standard InChI is InChI=1S/C13H20ClN3/c1-3-5-11-12(14)15-9-16-13(11)17-7-6-10(4-2)8-17/h9-10H,3-8H2,1-2H3. The second kappa shape index (κ2) is 5.67. The summed E-state index contributed by atoms with van der Waals surface area (Å²) in [4.78, 5) is 10.9. The van der Waals surface area contributed by atoms with Gasteiger partial charge in [0.1, 0.15) is 17.3 Å². The molecular formula is C13H20ClN3. The highest BCUT2D eigenvalue weighted by Gasteiger charge is 2.24. The number of rotatable bonds is 4. The van der Waals surface area contributed by atoms with Gasteiger partial charge in [0.15, 0.2) is 0 Å². The van der Waals surface area contributed by atoms with Crippen LogP contribution in [-0.2, 0) is 6.42 Å². The Balaban J connectivity index is 2.23. The second-order valence-corrected chi connectivity index (χ2v) is 5.08. The van der Waals surface area contributed by atoms with Gasteiger partial charge in [-0.2, -0.15) is 0 Å². The number of anilines is 1. The maximum atomic E-state index is 6.18. The van der Waals surface area contributed by atoms with Crippen molar-refractivity contribution in [1.82, 2.24) is 9.97 Å². The van der Waals surface area contributed by atoms with E-state index in [9.17, 15) is 0 Å². The third-order valence-electron chi connectivity index (χ3n) is 3.53. The van der Waals surface area contributed by atoms with Crippen molar-refractivity contribution >= 4 is 17.4 Å². The van der Waals surface area contributed by atoms with Crippen LogP contribution >= 0.6 is 11.6 Å². The lowest BCUT2D eigenvalue weighted by atomic mass is 10.1. The molecule has 0 aliphatic carbocycles. The van der Waals surface area contributed by atoms with Gasteiger partial charge in [0.25, 0.3) is 0 Å². The van der Waals surface area contributed by atoms with Crippen molar-refractivity contribution in [3.63, 3.8) is 0 Å². The molecule has 1 fully saturated rings. The largest absolute Gasteiger partial charge is 0.356 e. The van der Waals surface area contributed by atoms with Crippen LogP contribution in [-0.4, -0.2) is 23.1 Å². The predicted octanol–water partition coefficient (Wildman–Crippen LogP) is 3.32. The number of hydrogen-bond donors (Lipinski definition) is 0. The monoisotopic (exact) mass is 253 g/mol. The van der Waals surface area contributed by atoms with Crippen LogP contribution in [0.2, 0.25) is 5.15 Å². The molecule has 2 rings (SSSR count). The summed E-state index contributed by atoms with van der Waals surface area (Å²) in [6.07, 6.45) is 6.13. The lowest BCUT2D eigenvalue weighted by Crippen LogP contribution is -2.22. The summed E-state index contributed by atoms with van der Waals surface area (Å²) in [5.74, 6) is 1.86. The number of hydrogen-bond acceptors (Lipinski definition) is 3. The Kier molecular flexibility index (Phi) is 4.21. The van der Waals surface area contributed by atoms with Gasteiger partial charge in [-0.05, 0) is 18.8 Å². The fraction of sp³-hybridized carbons (Fsp3) is 0.692. The van der Waals surface area contributed by atoms with Gasteiger partial charge in [0.05, 0.1) is 0 Å². The SMILES string of the molecule is CCCc1c(Cl)ncnc1N1CCC(CC)C1. The van der Waals surface area contributed by atoms with Gasteiger partial charge in [-0.3, -0.25) is 0 Å². The first-order valence-electron chi connectivity index (χ1n) is 6.50. The van der Waals surface area contributed by atoms with E-state index in [2.05, 4.69) is 28.7 Å². The average Bonchev–Trinajstić information content (AvgIpc) is 2.80. The summed E-state index contributed by atoms with van der Waals surface area (Å²) in [7, 11) is 0. The van der Waals surface area contributed by atoms with E-state index in [0.717, 1.165) is 43.2 Å². The van der Waals surface area contributed by atoms with Crippen molar-refractivity contribution in [2.45, 2.75) is 39.5 Å². The van der Waals surface area contributed by atoms with Gasteiger partial charge < -0.3 is 4.90 Å². The molecule has 3 nitrogen and oxygen atoms in total. The van der Waals surface area contributed by atoms with Crippen LogP contribution < -0.4 is 4.90 Å². The molecule has 4 heteroatoms. The van der Waals surface area contributed by atoms with Crippen LogP contribution in [0.5, 0.6) is 0 Å². The molecule has 1 aromatic heterocycles. The lowest BCUT2D eigenvalue weighted by molar-refractivity contribution is 0.568. The Hall–Kier alpha value is -0.830. The minimum Gasteiger partial charge on any atom is -0.356 e. The van der Waals surface area contributed by atoms with Crippen molar-refractivity contribution in [2.24, 2.45) is 5.92 Å². The first-order chi connectivity index (χ1) is 8.26. The Labute approximate surface area is 108 Å². The van der Waals surface area contributed by atoms with Crippen LogP contribution in [0.15, 0.2) is 6.33 Å². The minimum absolute atomic E-state index is 0.622. The highest BCUT2D eigenvalue weighted by Crippen LogP contribution is 2.29. The molecule has 0 bridgehead atoms. The molecule has 1 atom stereocenters. The molecular weight excluding hydrogens is 234 g/mol. The molecule has 17 heavy (non-hydrogen) atoms.